The molecule has 2 N–H and O–H groups in total. The van der Waals surface area contributed by atoms with Crippen LogP contribution in [0.5, 0.6) is 0 Å². The van der Waals surface area contributed by atoms with Gasteiger partial charge in [0.1, 0.15) is 13.2 Å². The van der Waals surface area contributed by atoms with Gasteiger partial charge >= 0.3 is 0 Å². The summed E-state index contributed by atoms with van der Waals surface area (Å²) >= 11 is 0. The average molecular weight is 1070 g/mol. The second-order valence-corrected chi connectivity index (χ2v) is 21.3. The number of nitrogens with zero attached hydrogens (tertiary/aromatic N) is 1. The van der Waals surface area contributed by atoms with Crippen molar-refractivity contribution < 1.29 is 32.9 Å². The van der Waals surface area contributed by atoms with Crippen LogP contribution in [0, 0.1) is 0 Å². The number of amides is 1. The zero-order valence-corrected chi connectivity index (χ0v) is 49.3. The van der Waals surface area contributed by atoms with E-state index >= 15 is 0 Å². The minimum atomic E-state index is -4.63. The van der Waals surface area contributed by atoms with Crippen LogP contribution in [0.1, 0.15) is 181 Å². The molecule has 76 heavy (non-hydrogen) atoms. The smallest absolute Gasteiger partial charge is 0.268 e. The zero-order chi connectivity index (χ0) is 55.6. The third-order valence-electron chi connectivity index (χ3n) is 11.6. The molecule has 8 nitrogen and oxygen atoms in total. The molecular formula is C67H107N2O6P. The van der Waals surface area contributed by atoms with Gasteiger partial charge in [0, 0.05) is 6.42 Å². The molecule has 0 bridgehead atoms. The Labute approximate surface area is 466 Å². The highest BCUT2D eigenvalue weighted by Gasteiger charge is 2.23. The first-order valence-corrected chi connectivity index (χ1v) is 30.6. The lowest BCUT2D eigenvalue weighted by atomic mass is 10.1. The van der Waals surface area contributed by atoms with E-state index in [4.69, 9.17) is 9.05 Å². The third kappa shape index (κ3) is 57.3. The lowest BCUT2D eigenvalue weighted by Gasteiger charge is -2.29. The predicted molar refractivity (Wildman–Crippen MR) is 329 cm³/mol. The Morgan fingerprint density at radius 3 is 1.21 bits per heavy atom. The van der Waals surface area contributed by atoms with Crippen LogP contribution in [0.15, 0.2) is 182 Å². The Kier molecular flexibility index (Phi) is 52.2. The number of unbranched alkanes of at least 4 members (excludes halogenated alkanes) is 9. The summed E-state index contributed by atoms with van der Waals surface area (Å²) in [5, 5.41) is 13.8. The van der Waals surface area contributed by atoms with E-state index in [1.807, 2.05) is 27.2 Å². The fourth-order valence-electron chi connectivity index (χ4n) is 7.05. The number of carbonyl (C=O) groups excluding carboxylic acids is 1. The monoisotopic (exact) mass is 1070 g/mol. The van der Waals surface area contributed by atoms with Gasteiger partial charge in [-0.1, -0.05) is 222 Å². The molecule has 1 amide bonds. The van der Waals surface area contributed by atoms with Gasteiger partial charge in [0.25, 0.3) is 7.82 Å². The van der Waals surface area contributed by atoms with E-state index in [1.54, 1.807) is 6.08 Å². The number of rotatable bonds is 50. The van der Waals surface area contributed by atoms with Crippen LogP contribution in [-0.4, -0.2) is 68.5 Å². The Morgan fingerprint density at radius 2 is 0.816 bits per heavy atom. The molecule has 0 fully saturated rings. The van der Waals surface area contributed by atoms with Crippen molar-refractivity contribution in [2.45, 2.75) is 193 Å². The van der Waals surface area contributed by atoms with Crippen molar-refractivity contribution in [3.63, 3.8) is 0 Å². The summed E-state index contributed by atoms with van der Waals surface area (Å²) in [6.07, 6.45) is 89.8. The van der Waals surface area contributed by atoms with Gasteiger partial charge in [0.05, 0.1) is 39.9 Å². The van der Waals surface area contributed by atoms with Crippen molar-refractivity contribution in [1.29, 1.82) is 0 Å². The summed E-state index contributed by atoms with van der Waals surface area (Å²) < 4.78 is 23.2. The van der Waals surface area contributed by atoms with Crippen LogP contribution in [-0.2, 0) is 18.4 Å². The number of aliphatic hydroxyl groups is 1. The molecule has 3 atom stereocenters. The first-order valence-electron chi connectivity index (χ1n) is 29.1. The summed E-state index contributed by atoms with van der Waals surface area (Å²) in [4.78, 5) is 25.4. The minimum Gasteiger partial charge on any atom is -0.756 e. The van der Waals surface area contributed by atoms with E-state index in [-0.39, 0.29) is 18.9 Å². The van der Waals surface area contributed by atoms with Crippen molar-refractivity contribution in [3.05, 3.63) is 182 Å². The Bertz CT molecular complexity index is 1880. The summed E-state index contributed by atoms with van der Waals surface area (Å²) in [6, 6.07) is -0.937. The topological polar surface area (TPSA) is 108 Å². The molecule has 3 unspecified atom stereocenters. The molecule has 0 aromatic heterocycles. The quantitative estimate of drug-likeness (QED) is 0.0272. The van der Waals surface area contributed by atoms with Gasteiger partial charge in [0.2, 0.25) is 5.91 Å². The molecule has 0 saturated carbocycles. The summed E-state index contributed by atoms with van der Waals surface area (Å²) in [7, 11) is 1.18. The number of allylic oxidation sites excluding steroid dienone is 29. The maximum Gasteiger partial charge on any atom is 0.268 e. The standard InChI is InChI=1S/C67H107N2O6P/c1-6-8-10-12-14-16-18-20-21-22-23-24-25-26-27-28-29-30-31-32-33-34-35-36-37-38-39-40-41-42-43-44-45-46-47-49-51-53-55-57-59-61-67(71)68-65(64-75-76(72,73)74-63-62-69(3,4)5)66(70)60-58-56-54-52-50-48-19-17-15-13-11-9-7-2/h8,10,14-17,20-21,23-24,26-27,29-30,32-33,35-36,38-39,41-42,44-45,47,49-50,52,58,60,65-66,70H,6-7,9,11-13,18-19,22,25,28,31,34,37,40,43,46,48,51,53-57,59,61-64H2,1-5H3,(H-,68,71,72,73)/b10-8-,16-14-,17-15+,21-20-,24-23-,27-26-,30-29-,33-32-,36-35-,39-38-,42-41-,45-44-,49-47-,52-50+,60-58+. The Balaban J connectivity index is 4.23. The molecule has 0 aliphatic carbocycles. The van der Waals surface area contributed by atoms with Gasteiger partial charge in [-0.25, -0.2) is 0 Å². The normalized spacial score (nSPS) is 15.2. The first kappa shape index (κ1) is 71.6. The second kappa shape index (κ2) is 55.4. The number of carbonyl (C=O) groups is 1. The molecule has 0 saturated heterocycles. The van der Waals surface area contributed by atoms with Crippen LogP contribution >= 0.6 is 7.82 Å². The average Bonchev–Trinajstić information content (AvgIpc) is 3.38. The van der Waals surface area contributed by atoms with E-state index in [1.165, 1.54) is 19.3 Å². The highest BCUT2D eigenvalue weighted by molar-refractivity contribution is 7.45. The van der Waals surface area contributed by atoms with Gasteiger partial charge in [-0.05, 0) is 135 Å². The zero-order valence-electron chi connectivity index (χ0n) is 48.4. The van der Waals surface area contributed by atoms with Crippen LogP contribution < -0.4 is 10.2 Å². The molecule has 0 aliphatic rings. The van der Waals surface area contributed by atoms with Gasteiger partial charge < -0.3 is 28.8 Å². The van der Waals surface area contributed by atoms with Gasteiger partial charge in [0.15, 0.2) is 0 Å². The molecule has 0 heterocycles. The SMILES string of the molecule is CC/C=C\C/C=C\C/C=C\C/C=C\C/C=C\C/C=C\C/C=C\C/C=C\C/C=C\C/C=C\C/C=C\C/C=C\CCCCCCC(=O)NC(COP(=O)([O-])OCC[N+](C)(C)C)C(O)/C=C/CC/C=C/CC/C=C/CCCCC. The van der Waals surface area contributed by atoms with Crippen molar-refractivity contribution in [2.75, 3.05) is 40.9 Å². The summed E-state index contributed by atoms with van der Waals surface area (Å²) in [5.74, 6) is -0.246. The first-order chi connectivity index (χ1) is 37.0. The van der Waals surface area contributed by atoms with E-state index in [0.29, 0.717) is 23.9 Å². The third-order valence-corrected chi connectivity index (χ3v) is 12.5. The van der Waals surface area contributed by atoms with E-state index in [9.17, 15) is 19.4 Å². The lowest BCUT2D eigenvalue weighted by molar-refractivity contribution is -0.870. The molecule has 0 aromatic carbocycles. The van der Waals surface area contributed by atoms with Crippen molar-refractivity contribution in [2.24, 2.45) is 0 Å². The molecule has 0 rings (SSSR count). The molecule has 0 aromatic rings. The molecule has 426 valence electrons. The van der Waals surface area contributed by atoms with Crippen molar-refractivity contribution in [1.82, 2.24) is 5.32 Å². The second-order valence-electron chi connectivity index (χ2n) is 19.9. The maximum absolute atomic E-state index is 12.9. The molecule has 0 aliphatic heterocycles. The lowest BCUT2D eigenvalue weighted by Crippen LogP contribution is -2.45. The van der Waals surface area contributed by atoms with Crippen LogP contribution in [0.2, 0.25) is 0 Å². The summed E-state index contributed by atoms with van der Waals surface area (Å²) in [6.45, 7) is 4.41. The number of aliphatic hydroxyl groups excluding tert-OH is 1. The number of hydrogen-bond donors (Lipinski definition) is 2. The van der Waals surface area contributed by atoms with Gasteiger partial charge in [-0.15, -0.1) is 0 Å². The van der Waals surface area contributed by atoms with Gasteiger partial charge in [-0.2, -0.15) is 0 Å². The maximum atomic E-state index is 12.9. The van der Waals surface area contributed by atoms with Crippen LogP contribution in [0.4, 0.5) is 0 Å². The number of hydrogen-bond acceptors (Lipinski definition) is 6. The number of likely N-dealkylation sites (N-methyl/N-ethyl adjacent to an activating group) is 1. The molecule has 9 heteroatoms. The number of quaternary nitrogens is 1. The fourth-order valence-corrected chi connectivity index (χ4v) is 7.77. The molecular weight excluding hydrogens is 960 g/mol. The number of phosphoric ester groups is 1. The van der Waals surface area contributed by atoms with Gasteiger partial charge in [-0.3, -0.25) is 9.36 Å². The Morgan fingerprint density at radius 1 is 0.474 bits per heavy atom. The fraction of sp³-hybridized carbons (Fsp3) is 0.537. The number of phosphoric acid groups is 1. The van der Waals surface area contributed by atoms with E-state index < -0.39 is 26.6 Å². The van der Waals surface area contributed by atoms with E-state index in [2.05, 4.69) is 189 Å². The number of nitrogens with one attached hydrogen (secondary N) is 1. The molecule has 0 spiro atoms. The predicted octanol–water partition coefficient (Wildman–Crippen LogP) is 17.6. The molecule has 0 radical (unpaired) electrons. The van der Waals surface area contributed by atoms with Crippen LogP contribution in [0.25, 0.3) is 0 Å². The van der Waals surface area contributed by atoms with E-state index in [0.717, 1.165) is 128 Å². The van der Waals surface area contributed by atoms with Crippen LogP contribution in [0.3, 0.4) is 0 Å². The Hall–Kier alpha value is -4.40. The highest BCUT2D eigenvalue weighted by atomic mass is 31.2. The van der Waals surface area contributed by atoms with Crippen molar-refractivity contribution >= 4 is 13.7 Å². The largest absolute Gasteiger partial charge is 0.756 e. The minimum absolute atomic E-state index is 0.0247. The van der Waals surface area contributed by atoms with Crippen molar-refractivity contribution in [3.8, 4) is 0 Å². The highest BCUT2D eigenvalue weighted by Crippen LogP contribution is 2.38. The summed E-state index contributed by atoms with van der Waals surface area (Å²) in [5.41, 5.74) is 0.